The van der Waals surface area contributed by atoms with Crippen LogP contribution < -0.4 is 16.2 Å². The van der Waals surface area contributed by atoms with Gasteiger partial charge in [0.25, 0.3) is 0 Å². The first-order chi connectivity index (χ1) is 7.24. The highest BCUT2D eigenvalue weighted by Crippen LogP contribution is 2.19. The van der Waals surface area contributed by atoms with Crippen LogP contribution in [0.1, 0.15) is 13.3 Å². The lowest BCUT2D eigenvalue weighted by molar-refractivity contribution is 0.826. The quantitative estimate of drug-likeness (QED) is 0.561. The van der Waals surface area contributed by atoms with Gasteiger partial charge < -0.3 is 5.32 Å². The second-order valence-corrected chi connectivity index (χ2v) is 3.80. The Bertz CT molecular complexity index is 330. The fourth-order valence-corrected chi connectivity index (χ4v) is 1.31. The van der Waals surface area contributed by atoms with E-state index in [1.807, 2.05) is 24.3 Å². The molecule has 0 radical (unpaired) electrons. The summed E-state index contributed by atoms with van der Waals surface area (Å²) in [7, 11) is 0. The van der Waals surface area contributed by atoms with Gasteiger partial charge in [-0.05, 0) is 30.8 Å². The Balaban J connectivity index is 2.37. The molecule has 3 nitrogen and oxygen atoms in total. The average Bonchev–Trinajstić information content (AvgIpc) is 2.25. The van der Waals surface area contributed by atoms with Crippen molar-refractivity contribution < 1.29 is 0 Å². The smallest absolute Gasteiger partial charge is 0.185 e. The highest BCUT2D eigenvalue weighted by molar-refractivity contribution is 7.80. The predicted octanol–water partition coefficient (Wildman–Crippen LogP) is 2.54. The molecule has 15 heavy (non-hydrogen) atoms. The molecule has 1 aromatic rings. The number of hydrazine groups is 1. The highest BCUT2D eigenvalue weighted by Gasteiger charge is 1.97. The van der Waals surface area contributed by atoms with Gasteiger partial charge in [-0.15, -0.1) is 0 Å². The summed E-state index contributed by atoms with van der Waals surface area (Å²) < 4.78 is 0. The van der Waals surface area contributed by atoms with Crippen molar-refractivity contribution >= 4 is 34.6 Å². The van der Waals surface area contributed by atoms with E-state index in [2.05, 4.69) is 23.1 Å². The van der Waals surface area contributed by atoms with Gasteiger partial charge in [-0.2, -0.15) is 0 Å². The first-order valence-electron chi connectivity index (χ1n) is 4.78. The van der Waals surface area contributed by atoms with Crippen LogP contribution in [-0.4, -0.2) is 11.7 Å². The van der Waals surface area contributed by atoms with Crippen molar-refractivity contribution in [3.8, 4) is 0 Å². The van der Waals surface area contributed by atoms with Crippen molar-refractivity contribution in [1.29, 1.82) is 0 Å². The minimum absolute atomic E-state index is 0.566. The first kappa shape index (κ1) is 12.1. The van der Waals surface area contributed by atoms with Crippen LogP contribution in [-0.2, 0) is 0 Å². The number of hydrogen-bond donors (Lipinski definition) is 3. The molecule has 0 spiro atoms. The van der Waals surface area contributed by atoms with Gasteiger partial charge in [0.05, 0.1) is 10.7 Å². The first-order valence-corrected chi connectivity index (χ1v) is 5.57. The summed E-state index contributed by atoms with van der Waals surface area (Å²) in [6.45, 7) is 2.94. The van der Waals surface area contributed by atoms with E-state index in [4.69, 9.17) is 23.8 Å². The topological polar surface area (TPSA) is 36.1 Å². The molecule has 0 saturated carbocycles. The summed E-state index contributed by atoms with van der Waals surface area (Å²) >= 11 is 11.0. The lowest BCUT2D eigenvalue weighted by Gasteiger charge is -2.12. The van der Waals surface area contributed by atoms with Crippen LogP contribution in [0.2, 0.25) is 5.02 Å². The Morgan fingerprint density at radius 2 is 2.13 bits per heavy atom. The van der Waals surface area contributed by atoms with Gasteiger partial charge >= 0.3 is 0 Å². The van der Waals surface area contributed by atoms with Crippen molar-refractivity contribution in [2.75, 3.05) is 12.0 Å². The van der Waals surface area contributed by atoms with E-state index >= 15 is 0 Å². The van der Waals surface area contributed by atoms with Gasteiger partial charge in [0.1, 0.15) is 0 Å². The van der Waals surface area contributed by atoms with E-state index < -0.39 is 0 Å². The van der Waals surface area contributed by atoms with Crippen molar-refractivity contribution in [2.24, 2.45) is 0 Å². The van der Waals surface area contributed by atoms with Gasteiger partial charge in [-0.25, -0.2) is 0 Å². The molecular formula is C10H14ClN3S. The third-order valence-electron chi connectivity index (χ3n) is 1.72. The Hall–Kier alpha value is -1.00. The fourth-order valence-electron chi connectivity index (χ4n) is 0.969. The van der Waals surface area contributed by atoms with Crippen LogP contribution in [0.5, 0.6) is 0 Å². The Morgan fingerprint density at radius 3 is 2.80 bits per heavy atom. The maximum atomic E-state index is 5.95. The number of para-hydroxylation sites is 1. The number of anilines is 1. The molecule has 0 bridgehead atoms. The lowest BCUT2D eigenvalue weighted by Crippen LogP contribution is -2.39. The van der Waals surface area contributed by atoms with Crippen LogP contribution in [0, 0.1) is 0 Å². The van der Waals surface area contributed by atoms with Gasteiger partial charge in [-0.3, -0.25) is 10.9 Å². The molecule has 0 saturated heterocycles. The maximum absolute atomic E-state index is 5.95. The Labute approximate surface area is 100 Å². The second-order valence-electron chi connectivity index (χ2n) is 2.99. The molecule has 5 heteroatoms. The zero-order valence-corrected chi connectivity index (χ0v) is 10.1. The van der Waals surface area contributed by atoms with E-state index in [0.29, 0.717) is 10.1 Å². The summed E-state index contributed by atoms with van der Waals surface area (Å²) in [5, 5.41) is 4.26. The molecular weight excluding hydrogens is 230 g/mol. The van der Waals surface area contributed by atoms with Crippen LogP contribution in [0.15, 0.2) is 24.3 Å². The third-order valence-corrected chi connectivity index (χ3v) is 2.30. The summed E-state index contributed by atoms with van der Waals surface area (Å²) in [6.07, 6.45) is 1.04. The van der Waals surface area contributed by atoms with E-state index in [1.165, 1.54) is 0 Å². The van der Waals surface area contributed by atoms with Gasteiger partial charge in [0, 0.05) is 6.54 Å². The van der Waals surface area contributed by atoms with Crippen molar-refractivity contribution in [2.45, 2.75) is 13.3 Å². The molecule has 0 aliphatic carbocycles. The van der Waals surface area contributed by atoms with Crippen molar-refractivity contribution in [3.63, 3.8) is 0 Å². The number of thiocarbonyl (C=S) groups is 1. The summed E-state index contributed by atoms with van der Waals surface area (Å²) in [4.78, 5) is 0. The molecule has 0 heterocycles. The maximum Gasteiger partial charge on any atom is 0.185 e. The largest absolute Gasteiger partial charge is 0.361 e. The van der Waals surface area contributed by atoms with Crippen molar-refractivity contribution in [1.82, 2.24) is 10.7 Å². The summed E-state index contributed by atoms with van der Waals surface area (Å²) in [5.41, 5.74) is 6.60. The van der Waals surface area contributed by atoms with E-state index in [0.717, 1.165) is 18.7 Å². The zero-order valence-electron chi connectivity index (χ0n) is 8.51. The van der Waals surface area contributed by atoms with Gasteiger partial charge in [-0.1, -0.05) is 30.7 Å². The standard InChI is InChI=1S/C10H14ClN3S/c1-2-7-12-10(15)14-13-9-6-4-3-5-8(9)11/h3-6,13H,2,7H2,1H3,(H2,12,14,15). The normalized spacial score (nSPS) is 9.47. The highest BCUT2D eigenvalue weighted by atomic mass is 35.5. The van der Waals surface area contributed by atoms with E-state index in [1.54, 1.807) is 0 Å². The Kier molecular flexibility index (Phi) is 5.21. The van der Waals surface area contributed by atoms with Crippen molar-refractivity contribution in [3.05, 3.63) is 29.3 Å². The Morgan fingerprint density at radius 1 is 1.40 bits per heavy atom. The minimum Gasteiger partial charge on any atom is -0.361 e. The molecule has 0 aliphatic heterocycles. The summed E-state index contributed by atoms with van der Waals surface area (Å²) in [6, 6.07) is 7.46. The molecule has 0 atom stereocenters. The molecule has 0 aromatic heterocycles. The molecule has 1 aromatic carbocycles. The molecule has 82 valence electrons. The van der Waals surface area contributed by atoms with Crippen LogP contribution in [0.25, 0.3) is 0 Å². The monoisotopic (exact) mass is 243 g/mol. The molecule has 1 rings (SSSR count). The zero-order chi connectivity index (χ0) is 11.1. The molecule has 0 amide bonds. The predicted molar refractivity (Wildman–Crippen MR) is 69.1 cm³/mol. The number of halogens is 1. The van der Waals surface area contributed by atoms with Crippen LogP contribution >= 0.6 is 23.8 Å². The summed E-state index contributed by atoms with van der Waals surface area (Å²) in [5.74, 6) is 0. The third kappa shape index (κ3) is 4.36. The van der Waals surface area contributed by atoms with Gasteiger partial charge in [0.2, 0.25) is 0 Å². The average molecular weight is 244 g/mol. The minimum atomic E-state index is 0.566. The number of rotatable bonds is 4. The molecule has 3 N–H and O–H groups in total. The molecule has 0 unspecified atom stereocenters. The van der Waals surface area contributed by atoms with E-state index in [9.17, 15) is 0 Å². The van der Waals surface area contributed by atoms with Crippen LogP contribution in [0.4, 0.5) is 5.69 Å². The van der Waals surface area contributed by atoms with Gasteiger partial charge in [0.15, 0.2) is 5.11 Å². The second kappa shape index (κ2) is 6.48. The SMILES string of the molecule is CCCNC(=S)NNc1ccccc1Cl. The lowest BCUT2D eigenvalue weighted by atomic mass is 10.3. The number of hydrogen-bond acceptors (Lipinski definition) is 2. The molecule has 0 fully saturated rings. The number of nitrogens with one attached hydrogen (secondary N) is 3. The number of benzene rings is 1. The van der Waals surface area contributed by atoms with Crippen LogP contribution in [0.3, 0.4) is 0 Å². The fraction of sp³-hybridized carbons (Fsp3) is 0.300. The van der Waals surface area contributed by atoms with E-state index in [-0.39, 0.29) is 0 Å². The molecule has 0 aliphatic rings.